The number of nitrogen functional groups attached to an aromatic ring is 1. The van der Waals surface area contributed by atoms with E-state index in [1.807, 2.05) is 20.2 Å². The second-order valence-corrected chi connectivity index (χ2v) is 3.16. The van der Waals surface area contributed by atoms with Gasteiger partial charge in [0.1, 0.15) is 16.6 Å². The Morgan fingerprint density at radius 3 is 2.83 bits per heavy atom. The van der Waals surface area contributed by atoms with Crippen molar-refractivity contribution in [3.8, 4) is 6.07 Å². The van der Waals surface area contributed by atoms with E-state index in [1.165, 1.54) is 11.5 Å². The van der Waals surface area contributed by atoms with E-state index in [2.05, 4.69) is 9.80 Å². The molecule has 0 unspecified atom stereocenters. The molecule has 0 saturated carbocycles. The van der Waals surface area contributed by atoms with Crippen LogP contribution in [-0.2, 0) is 0 Å². The molecular formula is C6H9N5S. The number of nitrogens with zero attached hydrogens (tertiary/aromatic N) is 3. The fourth-order valence-corrected chi connectivity index (χ4v) is 1.44. The molecule has 64 valence electrons. The normalized spacial score (nSPS) is 9.83. The van der Waals surface area contributed by atoms with Crippen molar-refractivity contribution in [3.63, 3.8) is 0 Å². The second-order valence-electron chi connectivity index (χ2n) is 2.39. The Morgan fingerprint density at radius 2 is 2.33 bits per heavy atom. The Morgan fingerprint density at radius 1 is 1.67 bits per heavy atom. The first-order chi connectivity index (χ1) is 5.65. The molecule has 0 aliphatic rings. The van der Waals surface area contributed by atoms with Crippen LogP contribution in [-0.4, -0.2) is 23.5 Å². The number of rotatable bonds is 2. The average molecular weight is 183 g/mol. The highest BCUT2D eigenvalue weighted by Crippen LogP contribution is 2.25. The molecule has 0 aliphatic heterocycles. The van der Waals surface area contributed by atoms with Crippen molar-refractivity contribution in [2.24, 2.45) is 0 Å². The Hall–Kier alpha value is -1.32. The molecule has 3 N–H and O–H groups in total. The van der Waals surface area contributed by atoms with Crippen molar-refractivity contribution in [1.29, 1.82) is 5.26 Å². The summed E-state index contributed by atoms with van der Waals surface area (Å²) in [4.78, 5) is 0. The summed E-state index contributed by atoms with van der Waals surface area (Å²) < 4.78 is 3.85. The first kappa shape index (κ1) is 8.77. The fraction of sp³-hybridized carbons (Fsp3) is 0.333. The number of nitrogens with two attached hydrogens (primary N) is 1. The van der Waals surface area contributed by atoms with Crippen LogP contribution in [0.2, 0.25) is 0 Å². The van der Waals surface area contributed by atoms with E-state index in [9.17, 15) is 0 Å². The van der Waals surface area contributed by atoms with E-state index >= 15 is 0 Å². The van der Waals surface area contributed by atoms with Crippen molar-refractivity contribution in [1.82, 2.24) is 9.38 Å². The molecule has 0 radical (unpaired) electrons. The van der Waals surface area contributed by atoms with Crippen LogP contribution in [0, 0.1) is 11.3 Å². The number of hydrogen-bond acceptors (Lipinski definition) is 6. The Labute approximate surface area is 74.5 Å². The lowest BCUT2D eigenvalue weighted by Gasteiger charge is -2.10. The number of aromatic nitrogens is 1. The van der Waals surface area contributed by atoms with Crippen molar-refractivity contribution in [3.05, 3.63) is 5.56 Å². The van der Waals surface area contributed by atoms with Crippen molar-refractivity contribution >= 4 is 22.4 Å². The molecule has 0 amide bonds. The zero-order chi connectivity index (χ0) is 9.14. The summed E-state index contributed by atoms with van der Waals surface area (Å²) in [7, 11) is 3.66. The van der Waals surface area contributed by atoms with Crippen LogP contribution < -0.4 is 11.2 Å². The van der Waals surface area contributed by atoms with Gasteiger partial charge in [-0.25, -0.2) is 5.01 Å². The Kier molecular flexibility index (Phi) is 2.47. The zero-order valence-electron chi connectivity index (χ0n) is 6.83. The van der Waals surface area contributed by atoms with E-state index in [0.717, 1.165) is 0 Å². The van der Waals surface area contributed by atoms with Gasteiger partial charge in [-0.15, -0.1) is 0 Å². The zero-order valence-corrected chi connectivity index (χ0v) is 7.64. The van der Waals surface area contributed by atoms with Crippen molar-refractivity contribution in [2.45, 2.75) is 0 Å². The largest absolute Gasteiger partial charge is 0.382 e. The number of nitrogens with one attached hydrogen (secondary N) is 1. The lowest BCUT2D eigenvalue weighted by molar-refractivity contribution is 0.497. The SMILES string of the molecule is CN(C)Nc1snc(N)c1C#N. The van der Waals surface area contributed by atoms with E-state index < -0.39 is 0 Å². The maximum absolute atomic E-state index is 8.68. The summed E-state index contributed by atoms with van der Waals surface area (Å²) >= 11 is 1.18. The minimum atomic E-state index is 0.284. The fourth-order valence-electron chi connectivity index (χ4n) is 0.690. The molecule has 1 heterocycles. The van der Waals surface area contributed by atoms with Crippen LogP contribution in [0.25, 0.3) is 0 Å². The van der Waals surface area contributed by atoms with Gasteiger partial charge in [0, 0.05) is 14.1 Å². The summed E-state index contributed by atoms with van der Waals surface area (Å²) in [6, 6.07) is 1.98. The minimum absolute atomic E-state index is 0.284. The molecule has 0 saturated heterocycles. The number of hydrazine groups is 1. The van der Waals surface area contributed by atoms with Gasteiger partial charge >= 0.3 is 0 Å². The number of anilines is 2. The Balaban J connectivity index is 2.94. The number of nitriles is 1. The first-order valence-corrected chi connectivity index (χ1v) is 4.01. The maximum atomic E-state index is 8.68. The molecule has 1 aromatic heterocycles. The molecule has 0 aromatic carbocycles. The van der Waals surface area contributed by atoms with Gasteiger partial charge in [0.15, 0.2) is 5.82 Å². The smallest absolute Gasteiger partial charge is 0.157 e. The quantitative estimate of drug-likeness (QED) is 0.652. The monoisotopic (exact) mass is 183 g/mol. The topological polar surface area (TPSA) is 78.0 Å². The third-order valence-corrected chi connectivity index (χ3v) is 1.92. The van der Waals surface area contributed by atoms with E-state index in [0.29, 0.717) is 10.6 Å². The van der Waals surface area contributed by atoms with Crippen LogP contribution in [0.1, 0.15) is 5.56 Å². The molecule has 6 heteroatoms. The molecule has 0 aliphatic carbocycles. The van der Waals surface area contributed by atoms with Gasteiger partial charge in [-0.3, -0.25) is 0 Å². The molecule has 12 heavy (non-hydrogen) atoms. The van der Waals surface area contributed by atoms with E-state index in [4.69, 9.17) is 11.0 Å². The lowest BCUT2D eigenvalue weighted by Crippen LogP contribution is -2.19. The van der Waals surface area contributed by atoms with Crippen molar-refractivity contribution < 1.29 is 0 Å². The highest BCUT2D eigenvalue weighted by atomic mass is 32.1. The Bertz CT molecular complexity index is 310. The van der Waals surface area contributed by atoms with Gasteiger partial charge in [0.05, 0.1) is 0 Å². The highest BCUT2D eigenvalue weighted by Gasteiger charge is 2.10. The van der Waals surface area contributed by atoms with Gasteiger partial charge in [-0.1, -0.05) is 0 Å². The molecule has 0 fully saturated rings. The summed E-state index contributed by atoms with van der Waals surface area (Å²) in [6.07, 6.45) is 0. The number of hydrogen-bond donors (Lipinski definition) is 2. The molecule has 1 aromatic rings. The third-order valence-electron chi connectivity index (χ3n) is 1.16. The summed E-state index contributed by atoms with van der Waals surface area (Å²) in [6.45, 7) is 0. The molecule has 0 atom stereocenters. The molecular weight excluding hydrogens is 174 g/mol. The minimum Gasteiger partial charge on any atom is -0.382 e. The molecule has 0 bridgehead atoms. The standard InChI is InChI=1S/C6H9N5S/c1-11(2)9-6-4(3-7)5(8)10-12-6/h9H,1-2H3,(H2,8,10). The molecule has 0 spiro atoms. The van der Waals surface area contributed by atoms with E-state index in [-0.39, 0.29) is 5.82 Å². The van der Waals surface area contributed by atoms with Crippen molar-refractivity contribution in [2.75, 3.05) is 25.3 Å². The lowest BCUT2D eigenvalue weighted by atomic mass is 10.3. The third kappa shape index (κ3) is 1.64. The predicted octanol–water partition coefficient (Wildman–Crippen LogP) is 0.485. The van der Waals surface area contributed by atoms with Gasteiger partial charge in [0.25, 0.3) is 0 Å². The second kappa shape index (κ2) is 3.38. The summed E-state index contributed by atoms with van der Waals surface area (Å²) in [5.41, 5.74) is 8.79. The van der Waals surface area contributed by atoms with Crippen LogP contribution >= 0.6 is 11.5 Å². The summed E-state index contributed by atoms with van der Waals surface area (Å²) in [5, 5.41) is 11.1. The molecule has 1 rings (SSSR count). The van der Waals surface area contributed by atoms with Gasteiger partial charge in [-0.2, -0.15) is 9.64 Å². The maximum Gasteiger partial charge on any atom is 0.157 e. The molecule has 5 nitrogen and oxygen atoms in total. The van der Waals surface area contributed by atoms with E-state index in [1.54, 1.807) is 5.01 Å². The summed E-state index contributed by atoms with van der Waals surface area (Å²) in [5.74, 6) is 0.284. The predicted molar refractivity (Wildman–Crippen MR) is 48.6 cm³/mol. The van der Waals surface area contributed by atoms with Crippen LogP contribution in [0.15, 0.2) is 0 Å². The van der Waals surface area contributed by atoms with Gasteiger partial charge in [-0.05, 0) is 11.5 Å². The highest BCUT2D eigenvalue weighted by molar-refractivity contribution is 7.10. The van der Waals surface area contributed by atoms with Crippen LogP contribution in [0.3, 0.4) is 0 Å². The van der Waals surface area contributed by atoms with Gasteiger partial charge < -0.3 is 11.2 Å². The van der Waals surface area contributed by atoms with Crippen LogP contribution in [0.4, 0.5) is 10.8 Å². The van der Waals surface area contributed by atoms with Gasteiger partial charge in [0.2, 0.25) is 0 Å². The first-order valence-electron chi connectivity index (χ1n) is 3.24. The average Bonchev–Trinajstić information content (AvgIpc) is 2.30. The van der Waals surface area contributed by atoms with Crippen LogP contribution in [0.5, 0.6) is 0 Å².